The molecule has 2 rings (SSSR count). The van der Waals surface area contributed by atoms with Gasteiger partial charge < -0.3 is 9.64 Å². The van der Waals surface area contributed by atoms with E-state index in [1.807, 2.05) is 0 Å². The number of anilines is 1. The van der Waals surface area contributed by atoms with Gasteiger partial charge >= 0.3 is 0 Å². The van der Waals surface area contributed by atoms with E-state index in [2.05, 4.69) is 0 Å². The highest BCUT2D eigenvalue weighted by Gasteiger charge is 2.28. The van der Waals surface area contributed by atoms with Gasteiger partial charge in [0.2, 0.25) is 15.9 Å². The Morgan fingerprint density at radius 3 is 2.39 bits per heavy atom. The fourth-order valence-corrected chi connectivity index (χ4v) is 2.97. The van der Waals surface area contributed by atoms with Crippen molar-refractivity contribution in [3.05, 3.63) is 29.6 Å². The van der Waals surface area contributed by atoms with Crippen molar-refractivity contribution in [2.75, 3.05) is 43.4 Å². The monoisotopic (exact) mass is 352 g/mol. The highest BCUT2D eigenvalue weighted by Crippen LogP contribution is 2.25. The molecule has 1 aromatic carbocycles. The normalized spacial score (nSPS) is 15.6. The van der Waals surface area contributed by atoms with Crippen LogP contribution in [0.25, 0.3) is 0 Å². The number of halogens is 3. The molecule has 0 atom stereocenters. The number of morpholine rings is 1. The van der Waals surface area contributed by atoms with Crippen molar-refractivity contribution in [2.24, 2.45) is 0 Å². The lowest BCUT2D eigenvalue weighted by Crippen LogP contribution is -2.47. The van der Waals surface area contributed by atoms with E-state index < -0.39 is 45.6 Å². The molecule has 0 bridgehead atoms. The van der Waals surface area contributed by atoms with Gasteiger partial charge in [0.1, 0.15) is 6.54 Å². The van der Waals surface area contributed by atoms with Gasteiger partial charge in [-0.2, -0.15) is 0 Å². The highest BCUT2D eigenvalue weighted by molar-refractivity contribution is 7.92. The van der Waals surface area contributed by atoms with Crippen molar-refractivity contribution in [2.45, 2.75) is 0 Å². The molecule has 1 aliphatic rings. The van der Waals surface area contributed by atoms with Crippen LogP contribution in [0, 0.1) is 17.5 Å². The molecule has 0 radical (unpaired) electrons. The zero-order valence-corrected chi connectivity index (χ0v) is 13.1. The minimum Gasteiger partial charge on any atom is -0.378 e. The smallest absolute Gasteiger partial charge is 0.243 e. The van der Waals surface area contributed by atoms with E-state index in [1.54, 1.807) is 0 Å². The summed E-state index contributed by atoms with van der Waals surface area (Å²) in [5, 5.41) is 0. The third-order valence-electron chi connectivity index (χ3n) is 3.33. The van der Waals surface area contributed by atoms with E-state index in [1.165, 1.54) is 4.90 Å². The van der Waals surface area contributed by atoms with Gasteiger partial charge in [0.25, 0.3) is 0 Å². The fourth-order valence-electron chi connectivity index (χ4n) is 2.13. The number of nitrogens with zero attached hydrogens (tertiary/aromatic N) is 2. The summed E-state index contributed by atoms with van der Waals surface area (Å²) in [6.07, 6.45) is 0.750. The first-order chi connectivity index (χ1) is 10.7. The number of benzene rings is 1. The first-order valence-corrected chi connectivity index (χ1v) is 8.53. The number of ether oxygens (including phenoxy) is 1. The molecule has 1 aromatic rings. The van der Waals surface area contributed by atoms with Crippen LogP contribution in [0.15, 0.2) is 12.1 Å². The van der Waals surface area contributed by atoms with E-state index in [-0.39, 0.29) is 13.1 Å². The van der Waals surface area contributed by atoms with Crippen LogP contribution in [-0.2, 0) is 19.6 Å². The minimum absolute atomic E-state index is 0.275. The van der Waals surface area contributed by atoms with Crippen LogP contribution in [0.1, 0.15) is 0 Å². The van der Waals surface area contributed by atoms with Gasteiger partial charge in [-0.1, -0.05) is 0 Å². The highest BCUT2D eigenvalue weighted by atomic mass is 32.2. The summed E-state index contributed by atoms with van der Waals surface area (Å²) < 4.78 is 69.4. The zero-order chi connectivity index (χ0) is 17.2. The molecule has 128 valence electrons. The number of carbonyl (C=O) groups excluding carboxylic acids is 1. The SMILES string of the molecule is CS(=O)(=O)N(CC(=O)N1CCOCC1)c1ccc(F)c(F)c1F. The Morgan fingerprint density at radius 1 is 1.22 bits per heavy atom. The molecule has 0 saturated carbocycles. The predicted molar refractivity (Wildman–Crippen MR) is 75.9 cm³/mol. The Kier molecular flexibility index (Phi) is 5.15. The van der Waals surface area contributed by atoms with Crippen LogP contribution < -0.4 is 4.31 Å². The van der Waals surface area contributed by atoms with Crippen LogP contribution in [0.4, 0.5) is 18.9 Å². The summed E-state index contributed by atoms with van der Waals surface area (Å²) in [6.45, 7) is 0.461. The Bertz CT molecular complexity index is 705. The van der Waals surface area contributed by atoms with E-state index >= 15 is 0 Å². The Balaban J connectivity index is 2.32. The number of hydrogen-bond acceptors (Lipinski definition) is 4. The van der Waals surface area contributed by atoms with Crippen LogP contribution in [-0.4, -0.2) is 58.3 Å². The molecule has 1 amide bonds. The maximum atomic E-state index is 13.9. The molecular weight excluding hydrogens is 337 g/mol. The van der Waals surface area contributed by atoms with Gasteiger partial charge in [0.05, 0.1) is 25.2 Å². The van der Waals surface area contributed by atoms with Crippen molar-refractivity contribution >= 4 is 21.6 Å². The van der Waals surface area contributed by atoms with Crippen LogP contribution in [0.2, 0.25) is 0 Å². The second-order valence-corrected chi connectivity index (χ2v) is 6.86. The number of amides is 1. The molecule has 6 nitrogen and oxygen atoms in total. The Morgan fingerprint density at radius 2 is 1.83 bits per heavy atom. The molecule has 0 aliphatic carbocycles. The molecule has 23 heavy (non-hydrogen) atoms. The number of rotatable bonds is 4. The van der Waals surface area contributed by atoms with E-state index in [0.717, 1.165) is 12.3 Å². The predicted octanol–water partition coefficient (Wildman–Crippen LogP) is 0.729. The van der Waals surface area contributed by atoms with Gasteiger partial charge in [-0.05, 0) is 12.1 Å². The van der Waals surface area contributed by atoms with Gasteiger partial charge in [-0.25, -0.2) is 21.6 Å². The van der Waals surface area contributed by atoms with Crippen molar-refractivity contribution in [1.82, 2.24) is 4.90 Å². The van der Waals surface area contributed by atoms with Crippen molar-refractivity contribution in [3.8, 4) is 0 Å². The van der Waals surface area contributed by atoms with Crippen molar-refractivity contribution in [1.29, 1.82) is 0 Å². The molecule has 0 unspecified atom stereocenters. The van der Waals surface area contributed by atoms with Gasteiger partial charge in [-0.3, -0.25) is 9.10 Å². The molecule has 0 aromatic heterocycles. The van der Waals surface area contributed by atoms with Gasteiger partial charge in [-0.15, -0.1) is 0 Å². The lowest BCUT2D eigenvalue weighted by atomic mass is 10.2. The number of carbonyl (C=O) groups is 1. The molecule has 1 heterocycles. The minimum atomic E-state index is -4.08. The third kappa shape index (κ3) is 3.94. The average molecular weight is 352 g/mol. The fraction of sp³-hybridized carbons (Fsp3) is 0.462. The molecular formula is C13H15F3N2O4S. The van der Waals surface area contributed by atoms with Crippen molar-refractivity contribution in [3.63, 3.8) is 0 Å². The third-order valence-corrected chi connectivity index (χ3v) is 4.45. The molecule has 1 fully saturated rings. The quantitative estimate of drug-likeness (QED) is 0.750. The standard InChI is InChI=1S/C13H15F3N2O4S/c1-23(20,21)18(8-11(19)17-4-6-22-7-5-17)10-3-2-9(14)12(15)13(10)16/h2-3H,4-8H2,1H3. The largest absolute Gasteiger partial charge is 0.378 e. The average Bonchev–Trinajstić information content (AvgIpc) is 2.51. The Labute approximate surface area is 131 Å². The van der Waals surface area contributed by atoms with Crippen LogP contribution in [0.5, 0.6) is 0 Å². The van der Waals surface area contributed by atoms with E-state index in [4.69, 9.17) is 4.74 Å². The van der Waals surface area contributed by atoms with Crippen LogP contribution in [0.3, 0.4) is 0 Å². The maximum absolute atomic E-state index is 13.9. The van der Waals surface area contributed by atoms with Crippen molar-refractivity contribution < 1.29 is 31.1 Å². The summed E-state index contributed by atoms with van der Waals surface area (Å²) >= 11 is 0. The van der Waals surface area contributed by atoms with E-state index in [0.29, 0.717) is 23.6 Å². The number of sulfonamides is 1. The zero-order valence-electron chi connectivity index (χ0n) is 12.3. The summed E-state index contributed by atoms with van der Waals surface area (Å²) in [5.74, 6) is -5.48. The van der Waals surface area contributed by atoms with E-state index in [9.17, 15) is 26.4 Å². The Hall–Kier alpha value is -1.81. The van der Waals surface area contributed by atoms with Crippen LogP contribution >= 0.6 is 0 Å². The topological polar surface area (TPSA) is 66.9 Å². The molecule has 0 N–H and O–H groups in total. The second-order valence-electron chi connectivity index (χ2n) is 4.96. The second kappa shape index (κ2) is 6.75. The lowest BCUT2D eigenvalue weighted by Gasteiger charge is -2.30. The first-order valence-electron chi connectivity index (χ1n) is 6.68. The van der Waals surface area contributed by atoms with Gasteiger partial charge in [0, 0.05) is 13.1 Å². The lowest BCUT2D eigenvalue weighted by molar-refractivity contribution is -0.133. The molecule has 0 spiro atoms. The van der Waals surface area contributed by atoms with Gasteiger partial charge in [0.15, 0.2) is 17.5 Å². The summed E-state index contributed by atoms with van der Waals surface area (Å²) in [5.41, 5.74) is -0.715. The first kappa shape index (κ1) is 17.5. The molecule has 1 aliphatic heterocycles. The summed E-state index contributed by atoms with van der Waals surface area (Å²) in [4.78, 5) is 13.5. The summed E-state index contributed by atoms with van der Waals surface area (Å²) in [7, 11) is -4.08. The molecule has 1 saturated heterocycles. The maximum Gasteiger partial charge on any atom is 0.243 e. The summed E-state index contributed by atoms with van der Waals surface area (Å²) in [6, 6.07) is 1.38. The molecule has 10 heteroatoms. The number of hydrogen-bond donors (Lipinski definition) is 0.